The second-order valence-electron chi connectivity index (χ2n) is 8.95. The third-order valence-electron chi connectivity index (χ3n) is 6.37. The number of nitrogens with zero attached hydrogens (tertiary/aromatic N) is 3. The first-order valence-electron chi connectivity index (χ1n) is 12.1. The Hall–Kier alpha value is -2.88. The summed E-state index contributed by atoms with van der Waals surface area (Å²) in [7, 11) is 1.64. The van der Waals surface area contributed by atoms with Crippen molar-refractivity contribution in [3.8, 4) is 11.6 Å². The molecule has 0 aliphatic carbocycles. The fraction of sp³-hybridized carbons (Fsp3) is 0.423. The van der Waals surface area contributed by atoms with Crippen LogP contribution in [0.3, 0.4) is 0 Å². The number of benzene rings is 2. The van der Waals surface area contributed by atoms with Crippen LogP contribution >= 0.6 is 11.8 Å². The number of thioether (sulfide) groups is 1. The van der Waals surface area contributed by atoms with Crippen LogP contribution in [-0.2, 0) is 11.3 Å². The number of nitrogens with one attached hydrogen (secondary N) is 2. The van der Waals surface area contributed by atoms with E-state index in [9.17, 15) is 4.79 Å². The summed E-state index contributed by atoms with van der Waals surface area (Å²) in [4.78, 5) is 24.3. The van der Waals surface area contributed by atoms with E-state index in [0.29, 0.717) is 24.3 Å². The molecule has 1 saturated heterocycles. The molecule has 3 aromatic rings. The maximum atomic E-state index is 11.7. The molecule has 1 fully saturated rings. The average Bonchev–Trinajstić information content (AvgIpc) is 2.89. The summed E-state index contributed by atoms with van der Waals surface area (Å²) in [5, 5.41) is 6.69. The predicted molar refractivity (Wildman–Crippen MR) is 138 cm³/mol. The number of aromatic nitrogens is 2. The Labute approximate surface area is 209 Å². The van der Waals surface area contributed by atoms with Crippen molar-refractivity contribution in [3.63, 3.8) is 0 Å². The fourth-order valence-corrected chi connectivity index (χ4v) is 5.35. The number of anilines is 1. The molecule has 1 aromatic heterocycles. The Kier molecular flexibility index (Phi) is 7.66. The zero-order valence-electron chi connectivity index (χ0n) is 20.0. The highest BCUT2D eigenvalue weighted by Crippen LogP contribution is 2.32. The van der Waals surface area contributed by atoms with Crippen molar-refractivity contribution in [2.45, 2.75) is 36.7 Å². The maximum absolute atomic E-state index is 11.7. The number of hydrogen-bond acceptors (Lipinski definition) is 8. The van der Waals surface area contributed by atoms with Crippen molar-refractivity contribution in [2.24, 2.45) is 0 Å². The average molecular weight is 494 g/mol. The molecule has 2 aliphatic rings. The van der Waals surface area contributed by atoms with Crippen molar-refractivity contribution in [1.29, 1.82) is 0 Å². The monoisotopic (exact) mass is 493 g/mol. The van der Waals surface area contributed by atoms with Crippen LogP contribution < -0.4 is 20.1 Å². The van der Waals surface area contributed by atoms with E-state index in [2.05, 4.69) is 43.7 Å². The summed E-state index contributed by atoms with van der Waals surface area (Å²) in [5.41, 5.74) is 3.73. The van der Waals surface area contributed by atoms with Crippen LogP contribution in [-0.4, -0.2) is 65.9 Å². The molecule has 3 heterocycles. The van der Waals surface area contributed by atoms with Crippen LogP contribution in [0.25, 0.3) is 11.0 Å². The number of ether oxygens (including phenoxy) is 2. The van der Waals surface area contributed by atoms with Gasteiger partial charge in [-0.1, -0.05) is 6.07 Å². The summed E-state index contributed by atoms with van der Waals surface area (Å²) in [5.74, 6) is 1.88. The number of carbonyl (C=O) groups is 1. The highest BCUT2D eigenvalue weighted by atomic mass is 32.2. The number of rotatable bonds is 9. The van der Waals surface area contributed by atoms with Crippen LogP contribution in [0.5, 0.6) is 11.6 Å². The van der Waals surface area contributed by atoms with E-state index in [1.165, 1.54) is 18.4 Å². The van der Waals surface area contributed by atoms with Gasteiger partial charge in [-0.05, 0) is 55.6 Å². The van der Waals surface area contributed by atoms with Crippen LogP contribution in [0.2, 0.25) is 0 Å². The standard InChI is InChI=1S/C26H31N5O3S/c1-33-20-6-7-21-22(13-20)30-26(15-28-21)34-11-3-10-31-9-2-4-19(16-31)27-14-18-5-8-24-23(12-18)29-25(32)17-35-24/h5-8,12-13,15,19,27H,2-4,9-11,14,16-17H2,1H3,(H,29,32). The third-order valence-corrected chi connectivity index (χ3v) is 7.45. The van der Waals surface area contributed by atoms with E-state index in [4.69, 9.17) is 9.47 Å². The zero-order valence-corrected chi connectivity index (χ0v) is 20.8. The summed E-state index contributed by atoms with van der Waals surface area (Å²) in [6.45, 7) is 4.57. The van der Waals surface area contributed by atoms with Crippen LogP contribution in [0.1, 0.15) is 24.8 Å². The molecular weight excluding hydrogens is 462 g/mol. The second kappa shape index (κ2) is 11.2. The molecule has 8 nitrogen and oxygen atoms in total. The van der Waals surface area contributed by atoms with Crippen molar-refractivity contribution in [3.05, 3.63) is 48.2 Å². The first kappa shape index (κ1) is 23.8. The minimum Gasteiger partial charge on any atom is -0.497 e. The highest BCUT2D eigenvalue weighted by Gasteiger charge is 2.20. The molecule has 0 radical (unpaired) electrons. The van der Waals surface area contributed by atoms with Gasteiger partial charge in [0.1, 0.15) is 5.75 Å². The van der Waals surface area contributed by atoms with Crippen LogP contribution in [0.15, 0.2) is 47.5 Å². The Morgan fingerprint density at radius 3 is 3.09 bits per heavy atom. The third kappa shape index (κ3) is 6.22. The Balaban J connectivity index is 1.06. The Morgan fingerprint density at radius 2 is 2.17 bits per heavy atom. The summed E-state index contributed by atoms with van der Waals surface area (Å²) >= 11 is 1.60. The topological polar surface area (TPSA) is 88.6 Å². The molecule has 0 saturated carbocycles. The van der Waals surface area contributed by atoms with E-state index in [-0.39, 0.29) is 5.91 Å². The minimum atomic E-state index is 0.0763. The molecule has 2 aliphatic heterocycles. The highest BCUT2D eigenvalue weighted by molar-refractivity contribution is 8.00. The molecular formula is C26H31N5O3S. The number of methoxy groups -OCH3 is 1. The molecule has 0 spiro atoms. The van der Waals surface area contributed by atoms with E-state index in [1.807, 2.05) is 18.2 Å². The lowest BCUT2D eigenvalue weighted by Gasteiger charge is -2.33. The number of likely N-dealkylation sites (tertiary alicyclic amines) is 1. The molecule has 1 amide bonds. The van der Waals surface area contributed by atoms with Crippen molar-refractivity contribution in [1.82, 2.24) is 20.2 Å². The molecule has 184 valence electrons. The Morgan fingerprint density at radius 1 is 1.23 bits per heavy atom. The van der Waals surface area contributed by atoms with Crippen LogP contribution in [0.4, 0.5) is 5.69 Å². The van der Waals surface area contributed by atoms with Gasteiger partial charge < -0.3 is 25.0 Å². The quantitative estimate of drug-likeness (QED) is 0.436. The van der Waals surface area contributed by atoms with E-state index in [0.717, 1.165) is 60.0 Å². The first-order valence-corrected chi connectivity index (χ1v) is 13.1. The van der Waals surface area contributed by atoms with E-state index >= 15 is 0 Å². The normalized spacial score (nSPS) is 18.2. The van der Waals surface area contributed by atoms with Gasteiger partial charge >= 0.3 is 0 Å². The molecule has 2 aromatic carbocycles. The number of fused-ring (bicyclic) bond motifs is 2. The fourth-order valence-electron chi connectivity index (χ4n) is 4.56. The van der Waals surface area contributed by atoms with Crippen molar-refractivity contribution >= 4 is 34.4 Å². The van der Waals surface area contributed by atoms with Gasteiger partial charge in [0.2, 0.25) is 11.8 Å². The lowest BCUT2D eigenvalue weighted by molar-refractivity contribution is -0.113. The van der Waals surface area contributed by atoms with Gasteiger partial charge in [0.05, 0.1) is 42.4 Å². The Bertz CT molecular complexity index is 1190. The lowest BCUT2D eigenvalue weighted by Crippen LogP contribution is -2.45. The van der Waals surface area contributed by atoms with Gasteiger partial charge in [0.15, 0.2) is 0 Å². The molecule has 0 bridgehead atoms. The summed E-state index contributed by atoms with van der Waals surface area (Å²) in [6.07, 6.45) is 4.99. The molecule has 1 atom stereocenters. The molecule has 2 N–H and O–H groups in total. The molecule has 35 heavy (non-hydrogen) atoms. The van der Waals surface area contributed by atoms with Crippen LogP contribution in [0, 0.1) is 0 Å². The largest absolute Gasteiger partial charge is 0.497 e. The van der Waals surface area contributed by atoms with Gasteiger partial charge in [0, 0.05) is 36.6 Å². The number of hydrogen-bond donors (Lipinski definition) is 2. The second-order valence-corrected chi connectivity index (χ2v) is 9.97. The van der Waals surface area contributed by atoms with Gasteiger partial charge in [-0.2, -0.15) is 0 Å². The van der Waals surface area contributed by atoms with Gasteiger partial charge in [-0.25, -0.2) is 9.97 Å². The SMILES string of the molecule is COc1ccc2ncc(OCCCN3CCCC(NCc4ccc5c(c4)NC(=O)CS5)C3)nc2c1. The molecule has 5 rings (SSSR count). The smallest absolute Gasteiger partial charge is 0.234 e. The number of carbonyl (C=O) groups excluding carboxylic acids is 1. The van der Waals surface area contributed by atoms with E-state index < -0.39 is 0 Å². The summed E-state index contributed by atoms with van der Waals surface area (Å²) in [6, 6.07) is 12.5. The van der Waals surface area contributed by atoms with Gasteiger partial charge in [-0.15, -0.1) is 11.8 Å². The first-order chi connectivity index (χ1) is 17.2. The lowest BCUT2D eigenvalue weighted by atomic mass is 10.0. The maximum Gasteiger partial charge on any atom is 0.234 e. The molecule has 9 heteroatoms. The summed E-state index contributed by atoms with van der Waals surface area (Å²) < 4.78 is 11.1. The van der Waals surface area contributed by atoms with Gasteiger partial charge in [-0.3, -0.25) is 4.79 Å². The van der Waals surface area contributed by atoms with Crippen molar-refractivity contribution < 1.29 is 14.3 Å². The molecule has 1 unspecified atom stereocenters. The van der Waals surface area contributed by atoms with Gasteiger partial charge in [0.25, 0.3) is 0 Å². The minimum absolute atomic E-state index is 0.0763. The van der Waals surface area contributed by atoms with Crippen molar-refractivity contribution in [2.75, 3.05) is 44.4 Å². The van der Waals surface area contributed by atoms with E-state index in [1.54, 1.807) is 25.1 Å². The predicted octanol–water partition coefficient (Wildman–Crippen LogP) is 3.71. The zero-order chi connectivity index (χ0) is 24.0. The number of piperidine rings is 1. The number of amides is 1.